The van der Waals surface area contributed by atoms with Crippen LogP contribution in [0.5, 0.6) is 23.0 Å². The number of benzene rings is 6. The minimum Gasteiger partial charge on any atom is -0.504 e. The number of hydrogen-bond donors (Lipinski definition) is 1. The van der Waals surface area contributed by atoms with Crippen molar-refractivity contribution in [2.24, 2.45) is 0 Å². The molecule has 6 aromatic rings. The molecule has 380 valence electrons. The van der Waals surface area contributed by atoms with Crippen LogP contribution in [0.1, 0.15) is 89.0 Å². The van der Waals surface area contributed by atoms with Gasteiger partial charge in [-0.05, 0) is 119 Å². The zero-order valence-electron chi connectivity index (χ0n) is 47.1. The molecule has 4 aliphatic heterocycles. The minimum atomic E-state index is -4.18. The fraction of sp³-hybridized carbons (Fsp3) is 0.283. The first-order chi connectivity index (χ1) is 37.8. The van der Waals surface area contributed by atoms with E-state index in [2.05, 4.69) is 10.2 Å². The molecule has 0 fully saturated rings. The molecule has 0 radical (unpaired) electrons. The summed E-state index contributed by atoms with van der Waals surface area (Å²) in [5, 5.41) is 32.2. The Morgan fingerprint density at radius 1 is 0.644 bits per heavy atom. The first-order valence-electron chi connectivity index (χ1n) is 26.3. The lowest BCUT2D eigenvalue weighted by Crippen LogP contribution is -2.36. The largest absolute Gasteiger partial charge is 0.504 e. The van der Waals surface area contributed by atoms with Crippen LogP contribution >= 0.6 is 23.2 Å². The van der Waals surface area contributed by atoms with Gasteiger partial charge in [-0.25, -0.2) is 0 Å². The summed E-state index contributed by atoms with van der Waals surface area (Å²) in [5.74, 6) is -4.57. The van der Waals surface area contributed by atoms with Crippen LogP contribution in [0.2, 0.25) is 0 Å². The summed E-state index contributed by atoms with van der Waals surface area (Å²) >= 11 is 11.2. The lowest BCUT2D eigenvalue weighted by atomic mass is 9.99. The number of ether oxygens (including phenoxy) is 3. The van der Waals surface area contributed by atoms with E-state index in [0.717, 1.165) is 84.6 Å². The molecule has 17 nitrogen and oxygen atoms in total. The third-order valence-electron chi connectivity index (χ3n) is 12.4. The standard InChI is InChI=1S/C26H23ClN2O5.C18H17NO3.C9H10ClNO5S/c1-33-24-13-22-18(6-7-20-11-19-4-2-3-5-23(19)28(20)26(22)30)12-25(24)34-15-17-8-16(14-27)9-21(10-17)29(31)32;1-22-17-10-14-11(9-16(17)20)6-7-13-8-12-4-2-3-5-15(12)19(13)18(14)21;1-17(14,15)16-6-8-2-7(5-10)3-9(4-8)11(12)13/h2-5,8-10,12-13,20H,6-7,11,14-15H2,1H3;2-5,9-10,13,20H,6-8H2,1H3;2-4H,5-6H2,1H3/t20-;13-;/m11./s1/i14D2,15D2;;5D2,6D2. The van der Waals surface area contributed by atoms with Crippen molar-refractivity contribution >= 4 is 67.9 Å². The van der Waals surface area contributed by atoms with E-state index >= 15 is 0 Å². The van der Waals surface area contributed by atoms with Gasteiger partial charge in [-0.2, -0.15) is 8.42 Å². The Kier molecular flexibility index (Phi) is 12.9. The highest BCUT2D eigenvalue weighted by Gasteiger charge is 2.39. The highest BCUT2D eigenvalue weighted by atomic mass is 35.5. The van der Waals surface area contributed by atoms with Gasteiger partial charge in [-0.15, -0.1) is 23.2 Å². The number of alkyl halides is 2. The van der Waals surface area contributed by atoms with Crippen molar-refractivity contribution in [1.82, 2.24) is 0 Å². The van der Waals surface area contributed by atoms with Crippen LogP contribution in [0.25, 0.3) is 0 Å². The number of anilines is 2. The monoisotopic (exact) mass is 1060 g/mol. The molecular weight excluding hydrogens is 1000 g/mol. The molecule has 0 aromatic heterocycles. The number of aromatic hydroxyl groups is 1. The third kappa shape index (κ3) is 11.7. The number of phenolic OH excluding ortho intramolecular Hbond substituents is 1. The van der Waals surface area contributed by atoms with Gasteiger partial charge >= 0.3 is 0 Å². The van der Waals surface area contributed by atoms with E-state index in [-0.39, 0.29) is 52.3 Å². The van der Waals surface area contributed by atoms with Crippen LogP contribution in [0.4, 0.5) is 22.7 Å². The predicted octanol–water partition coefficient (Wildman–Crippen LogP) is 10.2. The average Bonchev–Trinajstić information content (AvgIpc) is 4.17. The molecule has 0 spiro atoms. The number of methoxy groups -OCH3 is 2. The lowest BCUT2D eigenvalue weighted by Gasteiger charge is -2.23. The number of carbonyl (C=O) groups excluding carboxylic acids is 2. The Balaban J connectivity index is 0.000000171. The summed E-state index contributed by atoms with van der Waals surface area (Å²) in [4.78, 5) is 51.0. The number of nitrogens with zero attached hydrogens (tertiary/aromatic N) is 4. The number of phenols is 1. The molecule has 6 aromatic carbocycles. The van der Waals surface area contributed by atoms with Crippen molar-refractivity contribution in [3.05, 3.63) is 185 Å². The number of amides is 2. The number of rotatable bonds is 12. The molecule has 4 heterocycles. The first kappa shape index (κ1) is 42.3. The highest BCUT2D eigenvalue weighted by molar-refractivity contribution is 7.85. The van der Waals surface area contributed by atoms with Gasteiger partial charge in [0.05, 0.1) is 42.4 Å². The van der Waals surface area contributed by atoms with E-state index in [4.69, 9.17) is 48.4 Å². The molecule has 0 saturated carbocycles. The molecule has 0 aliphatic carbocycles. The maximum Gasteiger partial charge on any atom is 0.270 e. The summed E-state index contributed by atoms with van der Waals surface area (Å²) in [6, 6.07) is 28.0. The summed E-state index contributed by atoms with van der Waals surface area (Å²) in [7, 11) is -1.32. The van der Waals surface area contributed by atoms with Gasteiger partial charge in [0.15, 0.2) is 23.0 Å². The van der Waals surface area contributed by atoms with Crippen molar-refractivity contribution in [1.29, 1.82) is 0 Å². The van der Waals surface area contributed by atoms with E-state index in [0.29, 0.717) is 41.5 Å². The van der Waals surface area contributed by atoms with E-state index in [1.165, 1.54) is 25.8 Å². The molecule has 20 heteroatoms. The maximum atomic E-state index is 13.6. The summed E-state index contributed by atoms with van der Waals surface area (Å²) in [6.07, 6.45) is 5.20. The van der Waals surface area contributed by atoms with E-state index in [1.54, 1.807) is 18.2 Å². The molecule has 0 unspecified atom stereocenters. The van der Waals surface area contributed by atoms with Gasteiger partial charge in [0.25, 0.3) is 33.3 Å². The molecule has 10 rings (SSSR count). The Morgan fingerprint density at radius 2 is 1.10 bits per heavy atom. The topological polar surface area (TPSA) is 218 Å². The SMILES string of the molecule is COc1cc2c(cc1O)CC[C@@H]1Cc3ccccc3N1C2=O.[2H]C([2H])(Cl)c1cc([N+](=O)[O-])cc(C([2H])([2H])OS(C)(=O)=O)c1.[2H]C([2H])(Cl)c1cc([N+](=O)[O-])cc(C([2H])([2H])Oc2cc3c(cc2OC)C(=O)N2c4ccccc4C[C@H]2CC3)c1. The fourth-order valence-corrected chi connectivity index (χ4v) is 9.63. The molecule has 73 heavy (non-hydrogen) atoms. The minimum absolute atomic E-state index is 0.000694. The van der Waals surface area contributed by atoms with E-state index < -0.39 is 67.2 Å². The van der Waals surface area contributed by atoms with Crippen LogP contribution in [0, 0.1) is 20.2 Å². The predicted molar refractivity (Wildman–Crippen MR) is 275 cm³/mol. The quantitative estimate of drug-likeness (QED) is 0.0523. The van der Waals surface area contributed by atoms with Gasteiger partial charge in [0, 0.05) is 76.0 Å². The van der Waals surface area contributed by atoms with Gasteiger partial charge in [0.2, 0.25) is 0 Å². The third-order valence-corrected chi connectivity index (χ3v) is 13.2. The average molecular weight is 1060 g/mol. The van der Waals surface area contributed by atoms with Crippen molar-refractivity contribution in [2.45, 2.75) is 75.4 Å². The first-order valence-corrected chi connectivity index (χ1v) is 24.9. The zero-order chi connectivity index (χ0) is 59.3. The smallest absolute Gasteiger partial charge is 0.270 e. The molecular formula is C53H50Cl2N4O13S. The number of halogens is 2. The van der Waals surface area contributed by atoms with Crippen LogP contribution in [-0.4, -0.2) is 67.7 Å². The number of carbonyl (C=O) groups is 2. The van der Waals surface area contributed by atoms with Crippen molar-refractivity contribution in [3.8, 4) is 23.0 Å². The van der Waals surface area contributed by atoms with E-state index in [9.17, 15) is 43.3 Å². The zero-order valence-corrected chi connectivity index (χ0v) is 41.4. The summed E-state index contributed by atoms with van der Waals surface area (Å²) in [6.45, 7) is -5.53. The number of para-hydroxylation sites is 2. The molecule has 2 amide bonds. The number of nitro groups is 2. The van der Waals surface area contributed by atoms with Crippen molar-refractivity contribution in [2.75, 3.05) is 30.3 Å². The second-order valence-corrected chi connectivity index (χ2v) is 19.0. The fourth-order valence-electron chi connectivity index (χ4n) is 9.16. The van der Waals surface area contributed by atoms with Crippen LogP contribution in [0.3, 0.4) is 0 Å². The number of hydrogen-bond acceptors (Lipinski definition) is 13. The second-order valence-electron chi connectivity index (χ2n) is 17.1. The normalized spacial score (nSPS) is 18.5. The summed E-state index contributed by atoms with van der Waals surface area (Å²) in [5.41, 5.74) is 4.19. The maximum absolute atomic E-state index is 13.6. The Morgan fingerprint density at radius 3 is 1.56 bits per heavy atom. The number of nitro benzene ring substituents is 2. The number of non-ortho nitro benzene ring substituents is 2. The number of aryl methyl sites for hydroxylation is 2. The second kappa shape index (κ2) is 22.3. The molecule has 4 aliphatic rings. The molecule has 0 bridgehead atoms. The van der Waals surface area contributed by atoms with Crippen molar-refractivity contribution in [3.63, 3.8) is 0 Å². The van der Waals surface area contributed by atoms with E-state index in [1.807, 2.05) is 52.3 Å². The molecule has 2 atom stereocenters. The van der Waals surface area contributed by atoms with Gasteiger partial charge in [-0.1, -0.05) is 48.5 Å². The Bertz CT molecular complexity index is 3630. The Labute approximate surface area is 442 Å². The van der Waals surface area contributed by atoms with Crippen molar-refractivity contribution < 1.29 is 62.3 Å². The Hall–Kier alpha value is -7.25. The van der Waals surface area contributed by atoms with Gasteiger partial charge < -0.3 is 29.1 Å². The lowest BCUT2D eigenvalue weighted by molar-refractivity contribution is -0.385. The number of fused-ring (bicyclic) bond motifs is 8. The molecule has 1 N–H and O–H groups in total. The molecule has 0 saturated heterocycles. The van der Waals surface area contributed by atoms with Gasteiger partial charge in [-0.3, -0.25) is 34.0 Å². The highest BCUT2D eigenvalue weighted by Crippen LogP contribution is 2.42. The van der Waals surface area contributed by atoms with Gasteiger partial charge in [0.1, 0.15) is 6.56 Å². The van der Waals surface area contributed by atoms with Crippen LogP contribution in [-0.2, 0) is 64.8 Å². The summed E-state index contributed by atoms with van der Waals surface area (Å²) < 4.78 is 105. The van der Waals surface area contributed by atoms with Crippen LogP contribution < -0.4 is 24.0 Å². The van der Waals surface area contributed by atoms with Crippen LogP contribution in [0.15, 0.2) is 109 Å².